The summed E-state index contributed by atoms with van der Waals surface area (Å²) in [7, 11) is 0. The van der Waals surface area contributed by atoms with Gasteiger partial charge in [-0.05, 0) is 29.3 Å². The van der Waals surface area contributed by atoms with E-state index in [-0.39, 0.29) is 5.82 Å². The summed E-state index contributed by atoms with van der Waals surface area (Å²) >= 11 is 9.19. The van der Waals surface area contributed by atoms with E-state index in [1.807, 2.05) is 30.3 Å². The number of rotatable bonds is 2. The van der Waals surface area contributed by atoms with Crippen LogP contribution in [0.4, 0.5) is 4.39 Å². The quantitative estimate of drug-likeness (QED) is 0.685. The highest BCUT2D eigenvalue weighted by Gasteiger charge is 2.09. The lowest BCUT2D eigenvalue weighted by Crippen LogP contribution is -1.90. The molecular weight excluding hydrogens is 290 g/mol. The van der Waals surface area contributed by atoms with Gasteiger partial charge in [-0.2, -0.15) is 0 Å². The minimum absolute atomic E-state index is 0.240. The molecule has 0 spiro atoms. The van der Waals surface area contributed by atoms with Crippen molar-refractivity contribution in [3.8, 4) is 11.1 Å². The molecule has 0 aromatic heterocycles. The summed E-state index contributed by atoms with van der Waals surface area (Å²) in [5.74, 6) is 0.0656. The number of hydrogen-bond acceptors (Lipinski definition) is 0. The first-order valence-electron chi connectivity index (χ1n) is 4.81. The molecule has 82 valence electrons. The van der Waals surface area contributed by atoms with Gasteiger partial charge in [-0.15, -0.1) is 11.6 Å². The molecule has 2 aromatic carbocycles. The average molecular weight is 300 g/mol. The molecule has 0 aliphatic rings. The van der Waals surface area contributed by atoms with Crippen LogP contribution in [0, 0.1) is 5.82 Å². The second-order valence-corrected chi connectivity index (χ2v) is 4.60. The van der Waals surface area contributed by atoms with Gasteiger partial charge in [0.25, 0.3) is 0 Å². The van der Waals surface area contributed by atoms with E-state index in [2.05, 4.69) is 15.9 Å². The molecule has 0 amide bonds. The minimum atomic E-state index is -0.240. The van der Waals surface area contributed by atoms with Crippen LogP contribution in [0.1, 0.15) is 5.56 Å². The summed E-state index contributed by atoms with van der Waals surface area (Å²) < 4.78 is 14.7. The summed E-state index contributed by atoms with van der Waals surface area (Å²) in [5.41, 5.74) is 2.22. The molecule has 3 heteroatoms. The number of halogens is 3. The minimum Gasteiger partial charge on any atom is -0.206 e. The zero-order valence-electron chi connectivity index (χ0n) is 8.38. The molecule has 0 aliphatic heterocycles. The monoisotopic (exact) mass is 298 g/mol. The highest BCUT2D eigenvalue weighted by Crippen LogP contribution is 2.29. The first kappa shape index (κ1) is 11.6. The molecule has 0 atom stereocenters. The molecule has 0 heterocycles. The Hall–Kier alpha value is -0.860. The van der Waals surface area contributed by atoms with Crippen molar-refractivity contribution < 1.29 is 4.39 Å². The van der Waals surface area contributed by atoms with Gasteiger partial charge in [-0.25, -0.2) is 4.39 Å². The summed E-state index contributed by atoms with van der Waals surface area (Å²) in [4.78, 5) is 0. The normalized spacial score (nSPS) is 10.4. The molecule has 0 nitrogen and oxygen atoms in total. The van der Waals surface area contributed by atoms with E-state index in [1.165, 1.54) is 6.07 Å². The van der Waals surface area contributed by atoms with Crippen LogP contribution in [0.2, 0.25) is 0 Å². The predicted octanol–water partition coefficient (Wildman–Crippen LogP) is 4.99. The van der Waals surface area contributed by atoms with Crippen molar-refractivity contribution in [2.24, 2.45) is 0 Å². The molecule has 0 fully saturated rings. The van der Waals surface area contributed by atoms with Gasteiger partial charge in [0.1, 0.15) is 5.82 Å². The Balaban J connectivity index is 2.63. The second kappa shape index (κ2) is 4.98. The maximum absolute atomic E-state index is 13.8. The number of benzene rings is 2. The third-order valence-electron chi connectivity index (χ3n) is 2.36. The van der Waals surface area contributed by atoms with Gasteiger partial charge in [0.2, 0.25) is 0 Å². The zero-order valence-corrected chi connectivity index (χ0v) is 10.7. The fourth-order valence-corrected chi connectivity index (χ4v) is 2.27. The fourth-order valence-electron chi connectivity index (χ4n) is 1.65. The lowest BCUT2D eigenvalue weighted by atomic mass is 10.0. The Labute approximate surface area is 107 Å². The number of alkyl halides is 1. The molecule has 0 bridgehead atoms. The van der Waals surface area contributed by atoms with Crippen LogP contribution in [0.15, 0.2) is 46.9 Å². The summed E-state index contributed by atoms with van der Waals surface area (Å²) in [6.45, 7) is 0. The maximum Gasteiger partial charge on any atom is 0.131 e. The molecule has 0 saturated carbocycles. The summed E-state index contributed by atoms with van der Waals surface area (Å²) in [6.07, 6.45) is 0. The van der Waals surface area contributed by atoms with Crippen molar-refractivity contribution in [3.63, 3.8) is 0 Å². The first-order chi connectivity index (χ1) is 7.72. The van der Waals surface area contributed by atoms with Crippen molar-refractivity contribution in [1.29, 1.82) is 0 Å². The van der Waals surface area contributed by atoms with Crippen LogP contribution in [0.3, 0.4) is 0 Å². The van der Waals surface area contributed by atoms with E-state index in [9.17, 15) is 4.39 Å². The lowest BCUT2D eigenvalue weighted by Gasteiger charge is -2.08. The van der Waals surface area contributed by atoms with Crippen molar-refractivity contribution >= 4 is 27.5 Å². The molecule has 2 rings (SSSR count). The van der Waals surface area contributed by atoms with Crippen molar-refractivity contribution in [2.75, 3.05) is 0 Å². The van der Waals surface area contributed by atoms with Gasteiger partial charge in [0, 0.05) is 15.9 Å². The van der Waals surface area contributed by atoms with Crippen molar-refractivity contribution in [2.45, 2.75) is 5.88 Å². The summed E-state index contributed by atoms with van der Waals surface area (Å²) in [6, 6.07) is 12.5. The lowest BCUT2D eigenvalue weighted by molar-refractivity contribution is 0.630. The SMILES string of the molecule is Fc1cccc(CCl)c1-c1cccc(Br)c1. The molecule has 0 aliphatic carbocycles. The van der Waals surface area contributed by atoms with E-state index in [0.717, 1.165) is 15.6 Å². The van der Waals surface area contributed by atoms with Gasteiger partial charge >= 0.3 is 0 Å². The Morgan fingerprint density at radius 1 is 1.12 bits per heavy atom. The molecule has 0 saturated heterocycles. The standard InChI is InChI=1S/C13H9BrClF/c14-11-5-1-3-9(7-11)13-10(8-15)4-2-6-12(13)16/h1-7H,8H2. The molecule has 16 heavy (non-hydrogen) atoms. The van der Waals surface area contributed by atoms with Crippen molar-refractivity contribution in [3.05, 3.63) is 58.3 Å². The summed E-state index contributed by atoms with van der Waals surface area (Å²) in [5, 5.41) is 0. The van der Waals surface area contributed by atoms with E-state index in [4.69, 9.17) is 11.6 Å². The second-order valence-electron chi connectivity index (χ2n) is 3.42. The molecule has 0 radical (unpaired) electrons. The van der Waals surface area contributed by atoms with Gasteiger partial charge < -0.3 is 0 Å². The topological polar surface area (TPSA) is 0 Å². The van der Waals surface area contributed by atoms with Crippen molar-refractivity contribution in [1.82, 2.24) is 0 Å². The third-order valence-corrected chi connectivity index (χ3v) is 3.14. The fraction of sp³-hybridized carbons (Fsp3) is 0.0769. The van der Waals surface area contributed by atoms with Crippen LogP contribution in [0.25, 0.3) is 11.1 Å². The zero-order chi connectivity index (χ0) is 11.5. The van der Waals surface area contributed by atoms with Crippen LogP contribution < -0.4 is 0 Å². The van der Waals surface area contributed by atoms with Gasteiger partial charge in [0.05, 0.1) is 0 Å². The highest BCUT2D eigenvalue weighted by atomic mass is 79.9. The first-order valence-corrected chi connectivity index (χ1v) is 6.14. The van der Waals surface area contributed by atoms with E-state index >= 15 is 0 Å². The largest absolute Gasteiger partial charge is 0.206 e. The molecule has 2 aromatic rings. The average Bonchev–Trinajstić information content (AvgIpc) is 2.28. The van der Waals surface area contributed by atoms with Gasteiger partial charge in [-0.3, -0.25) is 0 Å². The highest BCUT2D eigenvalue weighted by molar-refractivity contribution is 9.10. The molecule has 0 unspecified atom stereocenters. The maximum atomic E-state index is 13.8. The van der Waals surface area contributed by atoms with Gasteiger partial charge in [-0.1, -0.05) is 40.2 Å². The van der Waals surface area contributed by atoms with Crippen LogP contribution in [0.5, 0.6) is 0 Å². The van der Waals surface area contributed by atoms with Crippen LogP contribution in [-0.2, 0) is 5.88 Å². The molecular formula is C13H9BrClF. The van der Waals surface area contributed by atoms with E-state index in [0.29, 0.717) is 11.4 Å². The third kappa shape index (κ3) is 2.28. The van der Waals surface area contributed by atoms with E-state index < -0.39 is 0 Å². The Morgan fingerprint density at radius 2 is 1.88 bits per heavy atom. The predicted molar refractivity (Wildman–Crippen MR) is 69.1 cm³/mol. The Bertz CT molecular complexity index is 511. The van der Waals surface area contributed by atoms with Crippen LogP contribution >= 0.6 is 27.5 Å². The smallest absolute Gasteiger partial charge is 0.131 e. The van der Waals surface area contributed by atoms with Crippen LogP contribution in [-0.4, -0.2) is 0 Å². The van der Waals surface area contributed by atoms with E-state index in [1.54, 1.807) is 6.07 Å². The Morgan fingerprint density at radius 3 is 2.56 bits per heavy atom. The molecule has 0 N–H and O–H groups in total. The Kier molecular flexibility index (Phi) is 3.62. The number of hydrogen-bond donors (Lipinski definition) is 0. The van der Waals surface area contributed by atoms with Gasteiger partial charge in [0.15, 0.2) is 0 Å².